The third-order valence-corrected chi connectivity index (χ3v) is 3.28. The molecule has 1 saturated heterocycles. The second kappa shape index (κ2) is 4.28. The average molecular weight is 222 g/mol. The molecule has 1 amide bonds. The number of amides is 1. The Morgan fingerprint density at radius 2 is 2.44 bits per heavy atom. The molecule has 16 heavy (non-hydrogen) atoms. The van der Waals surface area contributed by atoms with Crippen LogP contribution >= 0.6 is 0 Å². The van der Waals surface area contributed by atoms with Gasteiger partial charge in [0.15, 0.2) is 0 Å². The van der Waals surface area contributed by atoms with E-state index in [-0.39, 0.29) is 11.8 Å². The maximum absolute atomic E-state index is 12.2. The van der Waals surface area contributed by atoms with Crippen molar-refractivity contribution < 1.29 is 9.32 Å². The smallest absolute Gasteiger partial charge is 0.233 e. The Morgan fingerprint density at radius 3 is 2.94 bits per heavy atom. The molecule has 1 aromatic heterocycles. The Kier molecular flexibility index (Phi) is 2.99. The highest BCUT2D eigenvalue weighted by molar-refractivity contribution is 5.83. The van der Waals surface area contributed by atoms with E-state index < -0.39 is 0 Å². The van der Waals surface area contributed by atoms with E-state index in [9.17, 15) is 4.79 Å². The molecule has 2 heterocycles. The lowest BCUT2D eigenvalue weighted by Gasteiger charge is -2.23. The molecule has 2 unspecified atom stereocenters. The fraction of sp³-hybridized carbons (Fsp3) is 0.667. The summed E-state index contributed by atoms with van der Waals surface area (Å²) in [6.45, 7) is 6.72. The van der Waals surface area contributed by atoms with Gasteiger partial charge in [-0.2, -0.15) is 0 Å². The second-order valence-electron chi connectivity index (χ2n) is 4.62. The molecular weight excluding hydrogens is 204 g/mol. The van der Waals surface area contributed by atoms with Crippen molar-refractivity contribution in [2.24, 2.45) is 0 Å². The van der Waals surface area contributed by atoms with Gasteiger partial charge < -0.3 is 9.42 Å². The molecule has 0 bridgehead atoms. The van der Waals surface area contributed by atoms with Gasteiger partial charge in [0.1, 0.15) is 5.76 Å². The SMILES string of the molecule is Cc1cc(C(C)C(=O)N2CCCC2C)on1. The number of nitrogens with zero attached hydrogens (tertiary/aromatic N) is 2. The normalized spacial score (nSPS) is 22.4. The zero-order chi connectivity index (χ0) is 11.7. The van der Waals surface area contributed by atoms with E-state index in [0.717, 1.165) is 25.1 Å². The van der Waals surface area contributed by atoms with Gasteiger partial charge in [0.05, 0.1) is 11.6 Å². The molecule has 2 rings (SSSR count). The predicted molar refractivity (Wildman–Crippen MR) is 60.1 cm³/mol. The molecule has 1 fully saturated rings. The average Bonchev–Trinajstić information content (AvgIpc) is 2.85. The van der Waals surface area contributed by atoms with Gasteiger partial charge in [0.25, 0.3) is 0 Å². The number of hydrogen-bond donors (Lipinski definition) is 0. The quantitative estimate of drug-likeness (QED) is 0.769. The number of aryl methyl sites for hydroxylation is 1. The first-order chi connectivity index (χ1) is 7.59. The molecule has 1 aliphatic rings. The molecule has 0 spiro atoms. The predicted octanol–water partition coefficient (Wildman–Crippen LogP) is 2.10. The van der Waals surface area contributed by atoms with E-state index in [2.05, 4.69) is 12.1 Å². The van der Waals surface area contributed by atoms with Crippen LogP contribution < -0.4 is 0 Å². The van der Waals surface area contributed by atoms with Crippen LogP contribution in [0.2, 0.25) is 0 Å². The second-order valence-corrected chi connectivity index (χ2v) is 4.62. The van der Waals surface area contributed by atoms with Crippen molar-refractivity contribution in [3.8, 4) is 0 Å². The summed E-state index contributed by atoms with van der Waals surface area (Å²) < 4.78 is 5.14. The highest BCUT2D eigenvalue weighted by Crippen LogP contribution is 2.24. The van der Waals surface area contributed by atoms with Gasteiger partial charge in [-0.25, -0.2) is 0 Å². The van der Waals surface area contributed by atoms with E-state index >= 15 is 0 Å². The third-order valence-electron chi connectivity index (χ3n) is 3.28. The van der Waals surface area contributed by atoms with Crippen molar-refractivity contribution in [2.75, 3.05) is 6.54 Å². The fourth-order valence-corrected chi connectivity index (χ4v) is 2.22. The summed E-state index contributed by atoms with van der Waals surface area (Å²) in [5, 5.41) is 3.82. The molecule has 0 saturated carbocycles. The Hall–Kier alpha value is -1.32. The van der Waals surface area contributed by atoms with Crippen LogP contribution in [0.5, 0.6) is 0 Å². The highest BCUT2D eigenvalue weighted by atomic mass is 16.5. The van der Waals surface area contributed by atoms with Crippen molar-refractivity contribution in [3.05, 3.63) is 17.5 Å². The number of aromatic nitrogens is 1. The maximum atomic E-state index is 12.2. The van der Waals surface area contributed by atoms with E-state index in [0.29, 0.717) is 11.8 Å². The van der Waals surface area contributed by atoms with Crippen LogP contribution in [-0.4, -0.2) is 28.6 Å². The van der Waals surface area contributed by atoms with Crippen molar-refractivity contribution in [3.63, 3.8) is 0 Å². The van der Waals surface area contributed by atoms with Crippen molar-refractivity contribution in [2.45, 2.75) is 45.6 Å². The number of carbonyl (C=O) groups excluding carboxylic acids is 1. The molecule has 4 heteroatoms. The first kappa shape index (κ1) is 11.2. The summed E-state index contributed by atoms with van der Waals surface area (Å²) in [4.78, 5) is 14.2. The summed E-state index contributed by atoms with van der Waals surface area (Å²) in [5.74, 6) is 0.601. The molecule has 0 aromatic carbocycles. The lowest BCUT2D eigenvalue weighted by Crippen LogP contribution is -2.36. The summed E-state index contributed by atoms with van der Waals surface area (Å²) >= 11 is 0. The largest absolute Gasteiger partial charge is 0.360 e. The van der Waals surface area contributed by atoms with Gasteiger partial charge in [-0.1, -0.05) is 5.16 Å². The van der Waals surface area contributed by atoms with Crippen molar-refractivity contribution in [1.29, 1.82) is 0 Å². The lowest BCUT2D eigenvalue weighted by molar-refractivity contribution is -0.133. The number of hydrogen-bond acceptors (Lipinski definition) is 3. The van der Waals surface area contributed by atoms with Crippen LogP contribution in [0.15, 0.2) is 10.6 Å². The Labute approximate surface area is 95.6 Å². The van der Waals surface area contributed by atoms with Crippen LogP contribution in [0.4, 0.5) is 0 Å². The Morgan fingerprint density at radius 1 is 1.69 bits per heavy atom. The maximum Gasteiger partial charge on any atom is 0.233 e. The first-order valence-electron chi connectivity index (χ1n) is 5.83. The minimum absolute atomic E-state index is 0.154. The monoisotopic (exact) mass is 222 g/mol. The highest BCUT2D eigenvalue weighted by Gasteiger charge is 2.30. The minimum Gasteiger partial charge on any atom is -0.360 e. The molecule has 1 aliphatic heterocycles. The Bertz CT molecular complexity index is 386. The molecule has 88 valence electrons. The minimum atomic E-state index is -0.221. The summed E-state index contributed by atoms with van der Waals surface area (Å²) in [7, 11) is 0. The van der Waals surface area contributed by atoms with Gasteiger partial charge in [0.2, 0.25) is 5.91 Å². The zero-order valence-corrected chi connectivity index (χ0v) is 10.1. The molecular formula is C12H18N2O2. The molecule has 0 N–H and O–H groups in total. The molecule has 0 aliphatic carbocycles. The van der Waals surface area contributed by atoms with Gasteiger partial charge in [-0.3, -0.25) is 4.79 Å². The molecule has 0 radical (unpaired) electrons. The van der Waals surface area contributed by atoms with Crippen LogP contribution in [0.25, 0.3) is 0 Å². The van der Waals surface area contributed by atoms with Crippen molar-refractivity contribution in [1.82, 2.24) is 10.1 Å². The van der Waals surface area contributed by atoms with Gasteiger partial charge in [-0.05, 0) is 33.6 Å². The number of rotatable bonds is 2. The van der Waals surface area contributed by atoms with Gasteiger partial charge in [-0.15, -0.1) is 0 Å². The molecule has 1 aromatic rings. The topological polar surface area (TPSA) is 46.3 Å². The first-order valence-corrected chi connectivity index (χ1v) is 5.83. The van der Waals surface area contributed by atoms with Crippen LogP contribution in [0.1, 0.15) is 44.1 Å². The number of likely N-dealkylation sites (tertiary alicyclic amines) is 1. The summed E-state index contributed by atoms with van der Waals surface area (Å²) in [6.07, 6.45) is 2.21. The van der Waals surface area contributed by atoms with Crippen molar-refractivity contribution >= 4 is 5.91 Å². The molecule has 4 nitrogen and oxygen atoms in total. The van der Waals surface area contributed by atoms with E-state index in [1.807, 2.05) is 24.8 Å². The van der Waals surface area contributed by atoms with E-state index in [1.165, 1.54) is 0 Å². The lowest BCUT2D eigenvalue weighted by atomic mass is 10.1. The van der Waals surface area contributed by atoms with E-state index in [1.54, 1.807) is 0 Å². The number of carbonyl (C=O) groups is 1. The Balaban J connectivity index is 2.10. The zero-order valence-electron chi connectivity index (χ0n) is 10.1. The third kappa shape index (κ3) is 1.96. The van der Waals surface area contributed by atoms with E-state index in [4.69, 9.17) is 4.52 Å². The van der Waals surface area contributed by atoms with Gasteiger partial charge in [0, 0.05) is 18.7 Å². The molecule has 2 atom stereocenters. The fourth-order valence-electron chi connectivity index (χ4n) is 2.22. The van der Waals surface area contributed by atoms with Crippen LogP contribution in [0, 0.1) is 6.92 Å². The van der Waals surface area contributed by atoms with Crippen LogP contribution in [0.3, 0.4) is 0 Å². The van der Waals surface area contributed by atoms with Crippen LogP contribution in [-0.2, 0) is 4.79 Å². The standard InChI is InChI=1S/C12H18N2O2/c1-8-7-11(16-13-8)10(3)12(15)14-6-4-5-9(14)2/h7,9-10H,4-6H2,1-3H3. The summed E-state index contributed by atoms with van der Waals surface area (Å²) in [5.41, 5.74) is 0.823. The van der Waals surface area contributed by atoms with Gasteiger partial charge >= 0.3 is 0 Å². The summed E-state index contributed by atoms with van der Waals surface area (Å²) in [6, 6.07) is 2.20.